The summed E-state index contributed by atoms with van der Waals surface area (Å²) in [6.45, 7) is 1.44. The summed E-state index contributed by atoms with van der Waals surface area (Å²) >= 11 is 0. The first-order valence-corrected chi connectivity index (χ1v) is 8.83. The average molecular weight is 352 g/mol. The number of rotatable bonds is 3. The molecule has 2 aromatic heterocycles. The summed E-state index contributed by atoms with van der Waals surface area (Å²) in [4.78, 5) is 17.9. The van der Waals surface area contributed by atoms with Crippen molar-refractivity contribution in [2.24, 2.45) is 7.05 Å². The molecule has 5 nitrogen and oxygen atoms in total. The largest absolute Gasteiger partial charge is 0.357 e. The highest BCUT2D eigenvalue weighted by atomic mass is 19.1. The van der Waals surface area contributed by atoms with Crippen LogP contribution < -0.4 is 0 Å². The molecule has 4 rings (SSSR count). The molecule has 0 bridgehead atoms. The molecule has 1 aliphatic rings. The number of H-pyrrole nitrogens is 1. The number of likely N-dealkylation sites (tertiary alicyclic amines) is 1. The highest BCUT2D eigenvalue weighted by Crippen LogP contribution is 2.27. The van der Waals surface area contributed by atoms with Gasteiger partial charge >= 0.3 is 0 Å². The number of hydrogen-bond acceptors (Lipinski definition) is 2. The van der Waals surface area contributed by atoms with Crippen molar-refractivity contribution < 1.29 is 9.18 Å². The maximum Gasteiger partial charge on any atom is 0.270 e. The molecule has 0 radical (unpaired) electrons. The Morgan fingerprint density at radius 3 is 2.77 bits per heavy atom. The lowest BCUT2D eigenvalue weighted by Crippen LogP contribution is -2.39. The molecule has 0 aliphatic carbocycles. The van der Waals surface area contributed by atoms with Crippen LogP contribution in [0.2, 0.25) is 0 Å². The molecule has 1 atom stereocenters. The fraction of sp³-hybridized carbons (Fsp3) is 0.300. The maximum absolute atomic E-state index is 13.1. The Kier molecular flexibility index (Phi) is 4.32. The quantitative estimate of drug-likeness (QED) is 0.783. The predicted molar refractivity (Wildman–Crippen MR) is 97.3 cm³/mol. The second kappa shape index (κ2) is 6.78. The minimum absolute atomic E-state index is 0.000933. The van der Waals surface area contributed by atoms with E-state index in [9.17, 15) is 9.18 Å². The summed E-state index contributed by atoms with van der Waals surface area (Å²) in [5.41, 5.74) is 3.37. The molecule has 0 saturated carbocycles. The van der Waals surface area contributed by atoms with Crippen LogP contribution in [0.15, 0.2) is 48.8 Å². The molecule has 3 heterocycles. The smallest absolute Gasteiger partial charge is 0.270 e. The zero-order valence-electron chi connectivity index (χ0n) is 14.7. The van der Waals surface area contributed by atoms with Gasteiger partial charge in [-0.15, -0.1) is 0 Å². The van der Waals surface area contributed by atoms with Crippen LogP contribution in [0.3, 0.4) is 0 Å². The highest BCUT2D eigenvalue weighted by molar-refractivity contribution is 5.94. The SMILES string of the molecule is Cn1ccc(C2CCCN(C(=O)c3cc(-c4ccc(F)cc4)c[nH]3)C2)n1. The van der Waals surface area contributed by atoms with E-state index >= 15 is 0 Å². The van der Waals surface area contributed by atoms with Crippen LogP contribution in [0.5, 0.6) is 0 Å². The Morgan fingerprint density at radius 1 is 1.23 bits per heavy atom. The summed E-state index contributed by atoms with van der Waals surface area (Å²) in [5, 5.41) is 4.49. The van der Waals surface area contributed by atoms with E-state index in [0.29, 0.717) is 12.2 Å². The van der Waals surface area contributed by atoms with Gasteiger partial charge in [-0.05, 0) is 48.2 Å². The summed E-state index contributed by atoms with van der Waals surface area (Å²) in [5.74, 6) is 0.00823. The minimum Gasteiger partial charge on any atom is -0.357 e. The predicted octanol–water partition coefficient (Wildman–Crippen LogP) is 3.57. The van der Waals surface area contributed by atoms with Crippen molar-refractivity contribution >= 4 is 5.91 Å². The molecule has 1 N–H and O–H groups in total. The number of nitrogens with zero attached hydrogens (tertiary/aromatic N) is 3. The van der Waals surface area contributed by atoms with Crippen molar-refractivity contribution in [3.05, 3.63) is 66.0 Å². The lowest BCUT2D eigenvalue weighted by Gasteiger charge is -2.31. The van der Waals surface area contributed by atoms with Gasteiger partial charge in [0.2, 0.25) is 0 Å². The number of piperidine rings is 1. The van der Waals surface area contributed by atoms with Gasteiger partial charge in [-0.1, -0.05) is 12.1 Å². The third-order valence-corrected chi connectivity index (χ3v) is 4.95. The number of nitrogens with one attached hydrogen (secondary N) is 1. The van der Waals surface area contributed by atoms with Gasteiger partial charge in [0, 0.05) is 38.4 Å². The van der Waals surface area contributed by atoms with Crippen LogP contribution in [-0.4, -0.2) is 38.7 Å². The van der Waals surface area contributed by atoms with Crippen LogP contribution in [-0.2, 0) is 7.05 Å². The van der Waals surface area contributed by atoms with Crippen molar-refractivity contribution in [3.8, 4) is 11.1 Å². The van der Waals surface area contributed by atoms with Crippen molar-refractivity contribution in [3.63, 3.8) is 0 Å². The van der Waals surface area contributed by atoms with Gasteiger partial charge in [-0.3, -0.25) is 9.48 Å². The Morgan fingerprint density at radius 2 is 2.04 bits per heavy atom. The molecule has 6 heteroatoms. The van der Waals surface area contributed by atoms with E-state index in [0.717, 1.165) is 36.2 Å². The molecule has 1 saturated heterocycles. The first-order chi connectivity index (χ1) is 12.6. The third kappa shape index (κ3) is 3.27. The van der Waals surface area contributed by atoms with Gasteiger partial charge < -0.3 is 9.88 Å². The molecule has 1 aromatic carbocycles. The molecule has 1 amide bonds. The van der Waals surface area contributed by atoms with Crippen LogP contribution in [0.25, 0.3) is 11.1 Å². The topological polar surface area (TPSA) is 53.9 Å². The van der Waals surface area contributed by atoms with Gasteiger partial charge in [-0.25, -0.2) is 4.39 Å². The van der Waals surface area contributed by atoms with E-state index in [1.54, 1.807) is 23.0 Å². The van der Waals surface area contributed by atoms with Gasteiger partial charge in [-0.2, -0.15) is 5.10 Å². The van der Waals surface area contributed by atoms with Gasteiger partial charge in [0.25, 0.3) is 5.91 Å². The van der Waals surface area contributed by atoms with Crippen molar-refractivity contribution in [2.75, 3.05) is 13.1 Å². The molecule has 0 spiro atoms. The van der Waals surface area contributed by atoms with E-state index in [4.69, 9.17) is 0 Å². The summed E-state index contributed by atoms with van der Waals surface area (Å²) < 4.78 is 14.9. The van der Waals surface area contributed by atoms with Crippen LogP contribution in [0.4, 0.5) is 4.39 Å². The van der Waals surface area contributed by atoms with E-state index in [1.807, 2.05) is 30.3 Å². The van der Waals surface area contributed by atoms with E-state index in [1.165, 1.54) is 12.1 Å². The third-order valence-electron chi connectivity index (χ3n) is 4.95. The molecule has 1 aliphatic heterocycles. The highest BCUT2D eigenvalue weighted by Gasteiger charge is 2.27. The Labute approximate surface area is 151 Å². The first kappa shape index (κ1) is 16.6. The maximum atomic E-state index is 13.1. The van der Waals surface area contributed by atoms with Gasteiger partial charge in [0.1, 0.15) is 11.5 Å². The second-order valence-electron chi connectivity index (χ2n) is 6.81. The number of benzene rings is 1. The molecule has 26 heavy (non-hydrogen) atoms. The minimum atomic E-state index is -0.269. The number of carbonyl (C=O) groups excluding carboxylic acids is 1. The lowest BCUT2D eigenvalue weighted by atomic mass is 9.94. The van der Waals surface area contributed by atoms with Gasteiger partial charge in [0.05, 0.1) is 5.69 Å². The molecular weight excluding hydrogens is 331 g/mol. The standard InChI is InChI=1S/C20H21FN4O/c1-24-10-8-18(23-24)15-3-2-9-25(13-15)20(26)19-11-16(12-22-19)14-4-6-17(21)7-5-14/h4-8,10-12,15,22H,2-3,9,13H2,1H3. The molecule has 3 aromatic rings. The molecular formula is C20H21FN4O. The van der Waals surface area contributed by atoms with Crippen LogP contribution >= 0.6 is 0 Å². The van der Waals surface area contributed by atoms with E-state index in [-0.39, 0.29) is 17.6 Å². The Balaban J connectivity index is 1.49. The normalized spacial score (nSPS) is 17.5. The summed E-state index contributed by atoms with van der Waals surface area (Å²) in [6.07, 6.45) is 5.75. The van der Waals surface area contributed by atoms with E-state index < -0.39 is 0 Å². The average Bonchev–Trinajstić information content (AvgIpc) is 3.31. The lowest BCUT2D eigenvalue weighted by molar-refractivity contribution is 0.0700. The zero-order chi connectivity index (χ0) is 18.1. The molecule has 134 valence electrons. The van der Waals surface area contributed by atoms with E-state index in [2.05, 4.69) is 10.1 Å². The monoisotopic (exact) mass is 352 g/mol. The first-order valence-electron chi connectivity index (χ1n) is 8.83. The molecule has 1 fully saturated rings. The molecule has 1 unspecified atom stereocenters. The number of aryl methyl sites for hydroxylation is 1. The second-order valence-corrected chi connectivity index (χ2v) is 6.81. The van der Waals surface area contributed by atoms with Crippen molar-refractivity contribution in [1.82, 2.24) is 19.7 Å². The number of halogens is 1. The fourth-order valence-corrected chi connectivity index (χ4v) is 3.55. The zero-order valence-corrected chi connectivity index (χ0v) is 14.7. The van der Waals surface area contributed by atoms with Crippen molar-refractivity contribution in [2.45, 2.75) is 18.8 Å². The van der Waals surface area contributed by atoms with Gasteiger partial charge in [0.15, 0.2) is 0 Å². The number of hydrogen-bond donors (Lipinski definition) is 1. The van der Waals surface area contributed by atoms with Crippen molar-refractivity contribution in [1.29, 1.82) is 0 Å². The number of aromatic amines is 1. The number of amides is 1. The van der Waals surface area contributed by atoms with Crippen LogP contribution in [0.1, 0.15) is 34.9 Å². The Bertz CT molecular complexity index is 912. The fourth-order valence-electron chi connectivity index (χ4n) is 3.55. The number of carbonyl (C=O) groups is 1. The van der Waals surface area contributed by atoms with Crippen LogP contribution in [0, 0.1) is 5.82 Å². The Hall–Kier alpha value is -2.89. The number of aromatic nitrogens is 3. The summed E-state index contributed by atoms with van der Waals surface area (Å²) in [6, 6.07) is 10.1. The summed E-state index contributed by atoms with van der Waals surface area (Å²) in [7, 11) is 1.91.